The highest BCUT2D eigenvalue weighted by molar-refractivity contribution is 7.89. The third-order valence-corrected chi connectivity index (χ3v) is 5.30. The van der Waals surface area contributed by atoms with E-state index in [0.717, 1.165) is 39.3 Å². The maximum absolute atomic E-state index is 12.4. The molecule has 0 spiro atoms. The lowest BCUT2D eigenvalue weighted by Gasteiger charge is -2.23. The molecule has 0 aliphatic carbocycles. The van der Waals surface area contributed by atoms with Gasteiger partial charge in [-0.3, -0.25) is 0 Å². The van der Waals surface area contributed by atoms with Gasteiger partial charge in [0.2, 0.25) is 10.0 Å². The molecular formula is C15H23N2O5S+. The number of methoxy groups -OCH3 is 1. The van der Waals surface area contributed by atoms with Gasteiger partial charge in [-0.2, -0.15) is 0 Å². The molecule has 1 aromatic carbocycles. The molecule has 0 unspecified atom stereocenters. The third-order valence-electron chi connectivity index (χ3n) is 3.78. The molecule has 1 heterocycles. The molecule has 1 saturated heterocycles. The molecule has 7 nitrogen and oxygen atoms in total. The molecule has 0 radical (unpaired) electrons. The molecule has 1 aromatic rings. The highest BCUT2D eigenvalue weighted by atomic mass is 32.2. The fourth-order valence-electron chi connectivity index (χ4n) is 2.51. The molecule has 23 heavy (non-hydrogen) atoms. The van der Waals surface area contributed by atoms with E-state index in [1.807, 2.05) is 0 Å². The second-order valence-electron chi connectivity index (χ2n) is 5.35. The number of quaternary nitrogens is 1. The lowest BCUT2D eigenvalue weighted by atomic mass is 10.2. The van der Waals surface area contributed by atoms with Gasteiger partial charge in [0.15, 0.2) is 0 Å². The second-order valence-corrected chi connectivity index (χ2v) is 7.09. The molecular weight excluding hydrogens is 320 g/mol. The van der Waals surface area contributed by atoms with Crippen molar-refractivity contribution in [2.24, 2.45) is 0 Å². The summed E-state index contributed by atoms with van der Waals surface area (Å²) in [6.07, 6.45) is 0.731. The van der Waals surface area contributed by atoms with Crippen LogP contribution in [0.25, 0.3) is 0 Å². The molecule has 0 aromatic heterocycles. The van der Waals surface area contributed by atoms with E-state index in [2.05, 4.69) is 9.46 Å². The van der Waals surface area contributed by atoms with Gasteiger partial charge in [0.05, 0.1) is 37.3 Å². The summed E-state index contributed by atoms with van der Waals surface area (Å²) in [5.41, 5.74) is 0.0429. The first-order valence-corrected chi connectivity index (χ1v) is 9.11. The summed E-state index contributed by atoms with van der Waals surface area (Å²) in [5, 5.41) is 0. The summed E-state index contributed by atoms with van der Waals surface area (Å²) in [6.45, 7) is 4.66. The number of rotatable bonds is 7. The van der Waals surface area contributed by atoms with Crippen LogP contribution in [0.2, 0.25) is 0 Å². The van der Waals surface area contributed by atoms with E-state index < -0.39 is 16.0 Å². The van der Waals surface area contributed by atoms with E-state index in [0.29, 0.717) is 6.54 Å². The van der Waals surface area contributed by atoms with E-state index >= 15 is 0 Å². The Morgan fingerprint density at radius 1 is 1.30 bits per heavy atom. The van der Waals surface area contributed by atoms with Gasteiger partial charge in [0.1, 0.15) is 13.1 Å². The number of nitrogens with one attached hydrogen (secondary N) is 2. The van der Waals surface area contributed by atoms with E-state index in [-0.39, 0.29) is 10.5 Å². The van der Waals surface area contributed by atoms with Gasteiger partial charge in [-0.05, 0) is 12.1 Å². The average Bonchev–Trinajstić information content (AvgIpc) is 2.59. The van der Waals surface area contributed by atoms with Gasteiger partial charge in [-0.25, -0.2) is 17.9 Å². The van der Waals surface area contributed by atoms with Crippen LogP contribution < -0.4 is 9.62 Å². The van der Waals surface area contributed by atoms with Crippen molar-refractivity contribution in [1.29, 1.82) is 0 Å². The average molecular weight is 343 g/mol. The summed E-state index contributed by atoms with van der Waals surface area (Å²) >= 11 is 0. The van der Waals surface area contributed by atoms with Crippen LogP contribution in [0.4, 0.5) is 0 Å². The Balaban J connectivity index is 1.92. The van der Waals surface area contributed by atoms with Crippen molar-refractivity contribution in [3.8, 4) is 0 Å². The zero-order valence-corrected chi connectivity index (χ0v) is 14.0. The molecule has 0 amide bonds. The minimum atomic E-state index is -3.73. The van der Waals surface area contributed by atoms with Crippen LogP contribution in [0.15, 0.2) is 29.2 Å². The third kappa shape index (κ3) is 5.00. The van der Waals surface area contributed by atoms with Gasteiger partial charge in [0, 0.05) is 13.0 Å². The molecule has 2 rings (SSSR count). The predicted octanol–water partition coefficient (Wildman–Crippen LogP) is -0.943. The second kappa shape index (κ2) is 8.39. The summed E-state index contributed by atoms with van der Waals surface area (Å²) in [4.78, 5) is 13.1. The normalized spacial score (nSPS) is 16.2. The number of hydrogen-bond acceptors (Lipinski definition) is 5. The fraction of sp³-hybridized carbons (Fsp3) is 0.533. The zero-order chi connectivity index (χ0) is 16.7. The van der Waals surface area contributed by atoms with E-state index in [1.165, 1.54) is 24.1 Å². The number of ether oxygens (including phenoxy) is 2. The number of carbonyl (C=O) groups excluding carboxylic acids is 1. The van der Waals surface area contributed by atoms with Crippen LogP contribution in [0.3, 0.4) is 0 Å². The number of morpholine rings is 1. The quantitative estimate of drug-likeness (QED) is 0.493. The molecule has 0 bridgehead atoms. The number of benzene rings is 1. The molecule has 0 atom stereocenters. The first-order chi connectivity index (χ1) is 11.0. The fourth-order valence-corrected chi connectivity index (χ4v) is 3.78. The van der Waals surface area contributed by atoms with Crippen molar-refractivity contribution in [3.05, 3.63) is 29.8 Å². The van der Waals surface area contributed by atoms with E-state index in [4.69, 9.17) is 4.74 Å². The Labute approximate surface area is 136 Å². The monoisotopic (exact) mass is 343 g/mol. The molecule has 2 N–H and O–H groups in total. The molecule has 1 aliphatic heterocycles. The van der Waals surface area contributed by atoms with Crippen molar-refractivity contribution >= 4 is 16.0 Å². The van der Waals surface area contributed by atoms with Crippen molar-refractivity contribution in [1.82, 2.24) is 4.72 Å². The minimum Gasteiger partial charge on any atom is -0.465 e. The maximum atomic E-state index is 12.4. The van der Waals surface area contributed by atoms with Crippen LogP contribution in [0, 0.1) is 0 Å². The number of hydrogen-bond donors (Lipinski definition) is 2. The lowest BCUT2D eigenvalue weighted by Crippen LogP contribution is -3.14. The minimum absolute atomic E-state index is 0.0429. The lowest BCUT2D eigenvalue weighted by molar-refractivity contribution is -0.908. The van der Waals surface area contributed by atoms with Crippen molar-refractivity contribution in [3.63, 3.8) is 0 Å². The molecule has 8 heteroatoms. The van der Waals surface area contributed by atoms with Gasteiger partial charge < -0.3 is 14.4 Å². The Morgan fingerprint density at radius 2 is 2.00 bits per heavy atom. The van der Waals surface area contributed by atoms with Crippen molar-refractivity contribution < 1.29 is 27.6 Å². The Morgan fingerprint density at radius 3 is 2.70 bits per heavy atom. The van der Waals surface area contributed by atoms with E-state index in [1.54, 1.807) is 12.1 Å². The first kappa shape index (κ1) is 17.9. The summed E-state index contributed by atoms with van der Waals surface area (Å²) < 4.78 is 37.2. The maximum Gasteiger partial charge on any atom is 0.339 e. The van der Waals surface area contributed by atoms with Crippen LogP contribution >= 0.6 is 0 Å². The molecule has 0 saturated carbocycles. The topological polar surface area (TPSA) is 86.1 Å². The standard InChI is InChI=1S/C15H22N2O5S/c1-21-15(18)13-5-2-3-6-14(13)23(19,20)16-7-4-8-17-9-11-22-12-10-17/h2-3,5-6,16H,4,7-12H2,1H3/p+1. The summed E-state index contributed by atoms with van der Waals surface area (Å²) in [6, 6.07) is 6.03. The molecule has 128 valence electrons. The molecule has 1 fully saturated rings. The van der Waals surface area contributed by atoms with Gasteiger partial charge in [-0.1, -0.05) is 12.1 Å². The Bertz CT molecular complexity index is 627. The van der Waals surface area contributed by atoms with Gasteiger partial charge in [0.25, 0.3) is 0 Å². The highest BCUT2D eigenvalue weighted by Gasteiger charge is 2.22. The smallest absolute Gasteiger partial charge is 0.339 e. The Kier molecular flexibility index (Phi) is 6.52. The van der Waals surface area contributed by atoms with Crippen LogP contribution in [-0.2, 0) is 19.5 Å². The molecule has 1 aliphatic rings. The van der Waals surface area contributed by atoms with Crippen molar-refractivity contribution in [2.45, 2.75) is 11.3 Å². The van der Waals surface area contributed by atoms with Crippen LogP contribution in [0.5, 0.6) is 0 Å². The SMILES string of the molecule is COC(=O)c1ccccc1S(=O)(=O)NCCC[NH+]1CCOCC1. The summed E-state index contributed by atoms with van der Waals surface area (Å²) in [5.74, 6) is -0.663. The number of esters is 1. The largest absolute Gasteiger partial charge is 0.465 e. The highest BCUT2D eigenvalue weighted by Crippen LogP contribution is 2.16. The van der Waals surface area contributed by atoms with Gasteiger partial charge in [-0.15, -0.1) is 0 Å². The van der Waals surface area contributed by atoms with Crippen LogP contribution in [-0.4, -0.2) is 60.9 Å². The van der Waals surface area contributed by atoms with Crippen molar-refractivity contribution in [2.75, 3.05) is 46.5 Å². The number of sulfonamides is 1. The Hall–Kier alpha value is -1.48. The summed E-state index contributed by atoms with van der Waals surface area (Å²) in [7, 11) is -2.51. The first-order valence-electron chi connectivity index (χ1n) is 7.63. The van der Waals surface area contributed by atoms with Crippen LogP contribution in [0.1, 0.15) is 16.8 Å². The van der Waals surface area contributed by atoms with Gasteiger partial charge >= 0.3 is 5.97 Å². The van der Waals surface area contributed by atoms with E-state index in [9.17, 15) is 13.2 Å². The predicted molar refractivity (Wildman–Crippen MR) is 84.0 cm³/mol. The zero-order valence-electron chi connectivity index (χ0n) is 13.2. The number of carbonyl (C=O) groups is 1.